The molecule has 0 saturated heterocycles. The summed E-state index contributed by atoms with van der Waals surface area (Å²) >= 11 is 5.66. The standard InChI is InChI=1S/C12H15ClN2O3S/c1-9(2)7-8-14-12(16)15-19(17,18)11-5-3-10(13)4-6-11/h3-7H,8H2,1-2H3,(H2,14,15,16). The highest BCUT2D eigenvalue weighted by Crippen LogP contribution is 2.13. The van der Waals surface area contributed by atoms with Crippen LogP contribution in [0.15, 0.2) is 40.8 Å². The number of urea groups is 1. The highest BCUT2D eigenvalue weighted by molar-refractivity contribution is 7.90. The highest BCUT2D eigenvalue weighted by Gasteiger charge is 2.16. The van der Waals surface area contributed by atoms with E-state index in [1.807, 2.05) is 18.6 Å². The lowest BCUT2D eigenvalue weighted by Gasteiger charge is -2.07. The Morgan fingerprint density at radius 2 is 1.84 bits per heavy atom. The van der Waals surface area contributed by atoms with Gasteiger partial charge in [0.15, 0.2) is 0 Å². The normalized spacial score (nSPS) is 10.7. The fourth-order valence-corrected chi connectivity index (χ4v) is 2.23. The summed E-state index contributed by atoms with van der Waals surface area (Å²) in [5.41, 5.74) is 1.03. The van der Waals surface area contributed by atoms with Gasteiger partial charge in [0.25, 0.3) is 10.0 Å². The zero-order valence-corrected chi connectivity index (χ0v) is 12.2. The summed E-state index contributed by atoms with van der Waals surface area (Å²) in [4.78, 5) is 11.4. The first-order valence-corrected chi connectivity index (χ1v) is 7.37. The first-order valence-electron chi connectivity index (χ1n) is 5.51. The fourth-order valence-electron chi connectivity index (χ4n) is 1.18. The maximum atomic E-state index is 11.8. The van der Waals surface area contributed by atoms with Crippen molar-refractivity contribution in [1.29, 1.82) is 0 Å². The summed E-state index contributed by atoms with van der Waals surface area (Å²) < 4.78 is 25.6. The monoisotopic (exact) mass is 302 g/mol. The van der Waals surface area contributed by atoms with Crippen molar-refractivity contribution < 1.29 is 13.2 Å². The van der Waals surface area contributed by atoms with E-state index >= 15 is 0 Å². The molecule has 0 atom stereocenters. The molecule has 0 aliphatic heterocycles. The third-order valence-corrected chi connectivity index (χ3v) is 3.72. The zero-order chi connectivity index (χ0) is 14.5. The van der Waals surface area contributed by atoms with Gasteiger partial charge in [-0.2, -0.15) is 0 Å². The van der Waals surface area contributed by atoms with Gasteiger partial charge in [0.05, 0.1) is 4.90 Å². The Hall–Kier alpha value is -1.53. The Bertz CT molecular complexity index is 575. The van der Waals surface area contributed by atoms with Crippen LogP contribution in [0.3, 0.4) is 0 Å². The highest BCUT2D eigenvalue weighted by atomic mass is 35.5. The number of halogens is 1. The second-order valence-corrected chi connectivity index (χ2v) is 6.17. The van der Waals surface area contributed by atoms with E-state index in [4.69, 9.17) is 11.6 Å². The Balaban J connectivity index is 2.67. The lowest BCUT2D eigenvalue weighted by molar-refractivity contribution is 0.247. The molecule has 2 amide bonds. The molecule has 0 radical (unpaired) electrons. The first-order chi connectivity index (χ1) is 8.81. The molecular weight excluding hydrogens is 288 g/mol. The Morgan fingerprint density at radius 3 is 2.37 bits per heavy atom. The lowest BCUT2D eigenvalue weighted by Crippen LogP contribution is -2.39. The molecule has 0 heterocycles. The molecule has 0 aliphatic carbocycles. The molecule has 0 aromatic heterocycles. The van der Waals surface area contributed by atoms with E-state index < -0.39 is 16.1 Å². The van der Waals surface area contributed by atoms with Crippen LogP contribution < -0.4 is 10.0 Å². The minimum absolute atomic E-state index is 0.0192. The smallest absolute Gasteiger partial charge is 0.328 e. The third kappa shape index (κ3) is 5.32. The number of sulfonamides is 1. The van der Waals surface area contributed by atoms with Crippen LogP contribution in [-0.4, -0.2) is 21.0 Å². The molecule has 2 N–H and O–H groups in total. The van der Waals surface area contributed by atoms with Crippen LogP contribution in [0.4, 0.5) is 4.79 Å². The van der Waals surface area contributed by atoms with Crippen molar-refractivity contribution in [1.82, 2.24) is 10.0 Å². The zero-order valence-electron chi connectivity index (χ0n) is 10.6. The molecule has 0 unspecified atom stereocenters. The number of hydrogen-bond donors (Lipinski definition) is 2. The molecule has 0 saturated carbocycles. The van der Waals surface area contributed by atoms with Gasteiger partial charge in [-0.1, -0.05) is 23.3 Å². The van der Waals surface area contributed by atoms with Crippen LogP contribution >= 0.6 is 11.6 Å². The molecule has 1 aromatic rings. The second-order valence-electron chi connectivity index (χ2n) is 4.05. The minimum atomic E-state index is -3.87. The summed E-state index contributed by atoms with van der Waals surface area (Å²) in [5.74, 6) is 0. The van der Waals surface area contributed by atoms with Crippen LogP contribution in [0.1, 0.15) is 13.8 Å². The number of hydrogen-bond acceptors (Lipinski definition) is 3. The van der Waals surface area contributed by atoms with Gasteiger partial charge in [0, 0.05) is 11.6 Å². The van der Waals surface area contributed by atoms with E-state index in [-0.39, 0.29) is 11.4 Å². The topological polar surface area (TPSA) is 75.3 Å². The van der Waals surface area contributed by atoms with Gasteiger partial charge in [-0.15, -0.1) is 0 Å². The molecule has 7 heteroatoms. The first kappa shape index (κ1) is 15.5. The van der Waals surface area contributed by atoms with Gasteiger partial charge in [0.1, 0.15) is 0 Å². The van der Waals surface area contributed by atoms with Crippen LogP contribution in [-0.2, 0) is 10.0 Å². The average molecular weight is 303 g/mol. The van der Waals surface area contributed by atoms with Crippen molar-refractivity contribution in [2.24, 2.45) is 0 Å². The van der Waals surface area contributed by atoms with Crippen LogP contribution in [0, 0.1) is 0 Å². The maximum absolute atomic E-state index is 11.8. The van der Waals surface area contributed by atoms with E-state index in [0.717, 1.165) is 5.57 Å². The van der Waals surface area contributed by atoms with Gasteiger partial charge >= 0.3 is 6.03 Å². The Labute approximate surface area is 117 Å². The van der Waals surface area contributed by atoms with E-state index in [1.165, 1.54) is 24.3 Å². The number of carbonyl (C=O) groups is 1. The number of amides is 2. The quantitative estimate of drug-likeness (QED) is 0.838. The van der Waals surface area contributed by atoms with Gasteiger partial charge in [-0.3, -0.25) is 0 Å². The van der Waals surface area contributed by atoms with Crippen molar-refractivity contribution in [2.75, 3.05) is 6.54 Å². The van der Waals surface area contributed by atoms with Crippen LogP contribution in [0.2, 0.25) is 5.02 Å². The van der Waals surface area contributed by atoms with Gasteiger partial charge in [-0.05, 0) is 38.1 Å². The second kappa shape index (κ2) is 6.58. The molecule has 0 aliphatic rings. The summed E-state index contributed by atoms with van der Waals surface area (Å²) in [6.45, 7) is 4.03. The van der Waals surface area contributed by atoms with Crippen LogP contribution in [0.5, 0.6) is 0 Å². The molecule has 0 spiro atoms. The van der Waals surface area contributed by atoms with Crippen molar-refractivity contribution in [2.45, 2.75) is 18.7 Å². The molecule has 1 aromatic carbocycles. The molecule has 19 heavy (non-hydrogen) atoms. The molecule has 104 valence electrons. The van der Waals surface area contributed by atoms with Crippen molar-refractivity contribution in [3.63, 3.8) is 0 Å². The van der Waals surface area contributed by atoms with Gasteiger partial charge in [-0.25, -0.2) is 17.9 Å². The molecule has 0 bridgehead atoms. The van der Waals surface area contributed by atoms with E-state index in [9.17, 15) is 13.2 Å². The third-order valence-electron chi connectivity index (χ3n) is 2.12. The van der Waals surface area contributed by atoms with Crippen molar-refractivity contribution in [3.05, 3.63) is 40.9 Å². The summed E-state index contributed by atoms with van der Waals surface area (Å²) in [5, 5.41) is 2.84. The minimum Gasteiger partial charge on any atom is -0.334 e. The molecule has 5 nitrogen and oxygen atoms in total. The predicted octanol–water partition coefficient (Wildman–Crippen LogP) is 2.29. The SMILES string of the molecule is CC(C)=CCNC(=O)NS(=O)(=O)c1ccc(Cl)cc1. The Morgan fingerprint density at radius 1 is 1.26 bits per heavy atom. The average Bonchev–Trinajstić information content (AvgIpc) is 2.28. The fraction of sp³-hybridized carbons (Fsp3) is 0.250. The molecule has 1 rings (SSSR count). The number of rotatable bonds is 4. The largest absolute Gasteiger partial charge is 0.334 e. The van der Waals surface area contributed by atoms with Crippen molar-refractivity contribution >= 4 is 27.7 Å². The van der Waals surface area contributed by atoms with E-state index in [1.54, 1.807) is 6.08 Å². The number of carbonyl (C=O) groups excluding carboxylic acids is 1. The number of allylic oxidation sites excluding steroid dienone is 1. The van der Waals surface area contributed by atoms with E-state index in [0.29, 0.717) is 5.02 Å². The van der Waals surface area contributed by atoms with Gasteiger partial charge in [0.2, 0.25) is 0 Å². The Kier molecular flexibility index (Phi) is 5.38. The molecule has 0 fully saturated rings. The summed E-state index contributed by atoms with van der Waals surface area (Å²) in [6.07, 6.45) is 1.77. The number of benzene rings is 1. The lowest BCUT2D eigenvalue weighted by atomic mass is 10.3. The predicted molar refractivity (Wildman–Crippen MR) is 74.6 cm³/mol. The number of nitrogens with one attached hydrogen (secondary N) is 2. The summed E-state index contributed by atoms with van der Waals surface area (Å²) in [7, 11) is -3.87. The van der Waals surface area contributed by atoms with Crippen molar-refractivity contribution in [3.8, 4) is 0 Å². The van der Waals surface area contributed by atoms with Gasteiger partial charge < -0.3 is 5.32 Å². The van der Waals surface area contributed by atoms with Crippen LogP contribution in [0.25, 0.3) is 0 Å². The van der Waals surface area contributed by atoms with E-state index in [2.05, 4.69) is 5.32 Å². The summed E-state index contributed by atoms with van der Waals surface area (Å²) in [6, 6.07) is 4.77. The maximum Gasteiger partial charge on any atom is 0.328 e. The molecular formula is C12H15ClN2O3S.